The number of carbonyl (C=O) groups is 2. The summed E-state index contributed by atoms with van der Waals surface area (Å²) in [5.41, 5.74) is 6.95. The summed E-state index contributed by atoms with van der Waals surface area (Å²) >= 11 is 0. The topological polar surface area (TPSA) is 200 Å². The number of aliphatic hydroxyl groups excluding tert-OH is 1. The molecule has 0 aliphatic carbocycles. The van der Waals surface area contributed by atoms with Gasteiger partial charge in [-0.05, 0) is 12.8 Å². The van der Waals surface area contributed by atoms with E-state index >= 15 is 0 Å². The molecule has 208 valence electrons. The Kier molecular flexibility index (Phi) is 9.66. The zero-order valence-corrected chi connectivity index (χ0v) is 20.5. The van der Waals surface area contributed by atoms with Crippen LogP contribution in [0, 0.1) is 11.8 Å². The first kappa shape index (κ1) is 29.3. The number of rotatable bonds is 10. The van der Waals surface area contributed by atoms with Crippen LogP contribution in [-0.2, 0) is 27.9 Å². The fraction of sp³-hybridized carbons (Fsp3) is 0.500. The Morgan fingerprint density at radius 3 is 2.74 bits per heavy atom. The van der Waals surface area contributed by atoms with Crippen LogP contribution in [0.5, 0.6) is 0 Å². The quantitative estimate of drug-likeness (QED) is 0.147. The second-order valence-corrected chi connectivity index (χ2v) is 9.24. The third kappa shape index (κ3) is 7.87. The minimum Gasteiger partial charge on any atom is -0.394 e. The largest absolute Gasteiger partial charge is 0.472 e. The number of alkyl halides is 3. The molecule has 0 bridgehead atoms. The minimum absolute atomic E-state index is 0.110. The third-order valence-corrected chi connectivity index (χ3v) is 6.06. The van der Waals surface area contributed by atoms with Gasteiger partial charge in [-0.1, -0.05) is 11.8 Å². The van der Waals surface area contributed by atoms with E-state index in [1.54, 1.807) is 10.8 Å². The van der Waals surface area contributed by atoms with Crippen molar-refractivity contribution in [2.75, 3.05) is 38.6 Å². The van der Waals surface area contributed by atoms with Crippen LogP contribution in [0.2, 0.25) is 0 Å². The number of amides is 2. The van der Waals surface area contributed by atoms with E-state index in [0.717, 1.165) is 0 Å². The molecule has 1 saturated heterocycles. The number of hydrogen-bond donors (Lipinski definition) is 5. The predicted octanol–water partition coefficient (Wildman–Crippen LogP) is -0.0368. The molecule has 3 rings (SSSR count). The average molecular weight is 564 g/mol. The molecule has 2 aromatic rings. The number of anilines is 1. The Morgan fingerprint density at radius 1 is 1.29 bits per heavy atom. The summed E-state index contributed by atoms with van der Waals surface area (Å²) in [5, 5.41) is 13.6. The molecule has 38 heavy (non-hydrogen) atoms. The van der Waals surface area contributed by atoms with Crippen LogP contribution in [0.3, 0.4) is 0 Å². The van der Waals surface area contributed by atoms with Gasteiger partial charge in [0.25, 0.3) is 0 Å². The van der Waals surface area contributed by atoms with Gasteiger partial charge < -0.3 is 35.7 Å². The molecule has 0 aromatic carbocycles. The SMILES string of the molecule is Nc1ncnc2c1c(C#CCNC(=O)COP(=O)(O)OCCNC(=O)C(F)(F)F)cn2C1CCC(CO)O1. The number of carbonyl (C=O) groups excluding carboxylic acids is 2. The lowest BCUT2D eigenvalue weighted by Gasteiger charge is -2.14. The van der Waals surface area contributed by atoms with Gasteiger partial charge in [0.1, 0.15) is 30.6 Å². The van der Waals surface area contributed by atoms with E-state index in [-0.39, 0.29) is 31.3 Å². The molecule has 1 aliphatic rings. The van der Waals surface area contributed by atoms with Gasteiger partial charge in [0.2, 0.25) is 5.91 Å². The van der Waals surface area contributed by atoms with E-state index < -0.39 is 45.6 Å². The van der Waals surface area contributed by atoms with E-state index in [4.69, 9.17) is 10.5 Å². The first-order valence-corrected chi connectivity index (χ1v) is 12.5. The van der Waals surface area contributed by atoms with Gasteiger partial charge in [0, 0.05) is 12.7 Å². The molecule has 0 radical (unpaired) electrons. The van der Waals surface area contributed by atoms with Crippen molar-refractivity contribution in [3.05, 3.63) is 18.1 Å². The monoisotopic (exact) mass is 564 g/mol. The van der Waals surface area contributed by atoms with Crippen molar-refractivity contribution in [3.8, 4) is 11.8 Å². The number of halogens is 3. The van der Waals surface area contributed by atoms with Gasteiger partial charge in [-0.2, -0.15) is 13.2 Å². The van der Waals surface area contributed by atoms with Crippen molar-refractivity contribution in [2.24, 2.45) is 0 Å². The number of hydrogen-bond acceptors (Lipinski definition) is 10. The molecular weight excluding hydrogens is 540 g/mol. The van der Waals surface area contributed by atoms with Crippen molar-refractivity contribution in [1.29, 1.82) is 0 Å². The van der Waals surface area contributed by atoms with E-state index in [0.29, 0.717) is 29.4 Å². The van der Waals surface area contributed by atoms with Gasteiger partial charge >= 0.3 is 19.9 Å². The van der Waals surface area contributed by atoms with E-state index in [1.165, 1.54) is 11.6 Å². The number of fused-ring (bicyclic) bond motifs is 1. The highest BCUT2D eigenvalue weighted by atomic mass is 31.2. The Labute approximate surface area is 213 Å². The van der Waals surface area contributed by atoms with Gasteiger partial charge in [0.05, 0.1) is 36.8 Å². The zero-order valence-electron chi connectivity index (χ0n) is 19.6. The summed E-state index contributed by atoms with van der Waals surface area (Å²) in [7, 11) is -4.77. The fourth-order valence-electron chi connectivity index (χ4n) is 3.38. The lowest BCUT2D eigenvalue weighted by atomic mass is 10.2. The van der Waals surface area contributed by atoms with Gasteiger partial charge in [-0.3, -0.25) is 18.6 Å². The zero-order chi connectivity index (χ0) is 27.9. The van der Waals surface area contributed by atoms with Crippen molar-refractivity contribution in [3.63, 3.8) is 0 Å². The summed E-state index contributed by atoms with van der Waals surface area (Å²) in [6, 6.07) is 0. The maximum absolute atomic E-state index is 12.1. The highest BCUT2D eigenvalue weighted by molar-refractivity contribution is 7.47. The number of aromatic nitrogens is 3. The molecule has 3 atom stereocenters. The molecule has 6 N–H and O–H groups in total. The number of nitrogens with two attached hydrogens (primary N) is 1. The van der Waals surface area contributed by atoms with Crippen LogP contribution in [-0.4, -0.2) is 81.5 Å². The lowest BCUT2D eigenvalue weighted by Crippen LogP contribution is -2.38. The predicted molar refractivity (Wildman–Crippen MR) is 123 cm³/mol. The number of nitrogen functional groups attached to an aromatic ring is 1. The minimum atomic E-state index is -5.10. The molecule has 0 spiro atoms. The highest BCUT2D eigenvalue weighted by Crippen LogP contribution is 2.42. The molecule has 14 nitrogen and oxygen atoms in total. The summed E-state index contributed by atoms with van der Waals surface area (Å²) in [6.45, 7) is -2.68. The van der Waals surface area contributed by atoms with E-state index in [9.17, 15) is 37.3 Å². The Bertz CT molecular complexity index is 1280. The number of nitrogens with zero attached hydrogens (tertiary/aromatic N) is 3. The number of phosphoric acid groups is 1. The third-order valence-electron chi connectivity index (χ3n) is 5.09. The van der Waals surface area contributed by atoms with Gasteiger partial charge in [0.15, 0.2) is 0 Å². The highest BCUT2D eigenvalue weighted by Gasteiger charge is 2.38. The Morgan fingerprint density at radius 2 is 2.05 bits per heavy atom. The van der Waals surface area contributed by atoms with Crippen LogP contribution in [0.1, 0.15) is 24.6 Å². The van der Waals surface area contributed by atoms with Crippen LogP contribution in [0.4, 0.5) is 19.0 Å². The molecule has 2 aromatic heterocycles. The first-order chi connectivity index (χ1) is 17.9. The normalized spacial score (nSPS) is 19.0. The van der Waals surface area contributed by atoms with Crippen molar-refractivity contribution in [1.82, 2.24) is 25.2 Å². The molecular formula is C20H24F3N6O8P. The van der Waals surface area contributed by atoms with Crippen molar-refractivity contribution >= 4 is 36.5 Å². The average Bonchev–Trinajstić information content (AvgIpc) is 3.48. The van der Waals surface area contributed by atoms with E-state index in [2.05, 4.69) is 36.2 Å². The van der Waals surface area contributed by atoms with Crippen LogP contribution >= 0.6 is 7.82 Å². The molecule has 2 amide bonds. The fourth-order valence-corrected chi connectivity index (χ4v) is 4.06. The lowest BCUT2D eigenvalue weighted by molar-refractivity contribution is -0.173. The van der Waals surface area contributed by atoms with Crippen molar-refractivity contribution in [2.45, 2.75) is 31.3 Å². The van der Waals surface area contributed by atoms with Gasteiger partial charge in [-0.15, -0.1) is 0 Å². The van der Waals surface area contributed by atoms with E-state index in [1.807, 2.05) is 0 Å². The first-order valence-electron chi connectivity index (χ1n) is 11.0. The Balaban J connectivity index is 1.50. The Hall–Kier alpha value is -3.26. The smallest absolute Gasteiger partial charge is 0.394 e. The summed E-state index contributed by atoms with van der Waals surface area (Å²) in [5.74, 6) is 2.66. The van der Waals surface area contributed by atoms with Crippen LogP contribution < -0.4 is 16.4 Å². The number of phosphoric ester groups is 1. The second kappa shape index (κ2) is 12.5. The molecule has 0 saturated carbocycles. The maximum Gasteiger partial charge on any atom is 0.472 e. The molecule has 3 unspecified atom stereocenters. The molecule has 1 aliphatic heterocycles. The number of nitrogens with one attached hydrogen (secondary N) is 2. The standard InChI is InChI=1S/C20H24F3N6O8P/c21-20(22,23)19(32)26-6-7-35-38(33,34)36-10-14(31)25-5-1-2-12-8-29(15-4-3-13(9-30)37-15)18-16(12)17(24)27-11-28-18/h8,11,13,15,30H,3-7,9-10H2,(H,25,31)(H,26,32)(H,33,34)(H2,24,27,28). The van der Waals surface area contributed by atoms with Crippen molar-refractivity contribution < 1.29 is 51.1 Å². The summed E-state index contributed by atoms with van der Waals surface area (Å²) in [6.07, 6.45) is -1.50. The number of aliphatic hydroxyl groups is 1. The molecule has 1 fully saturated rings. The van der Waals surface area contributed by atoms with Gasteiger partial charge in [-0.25, -0.2) is 14.5 Å². The maximum atomic E-state index is 12.1. The molecule has 3 heterocycles. The van der Waals surface area contributed by atoms with Crippen LogP contribution in [0.25, 0.3) is 11.0 Å². The number of ether oxygens (including phenoxy) is 1. The van der Waals surface area contributed by atoms with Crippen LogP contribution in [0.15, 0.2) is 12.5 Å². The summed E-state index contributed by atoms with van der Waals surface area (Å²) < 4.78 is 64.3. The molecule has 18 heteroatoms. The second-order valence-electron chi connectivity index (χ2n) is 7.79. The summed E-state index contributed by atoms with van der Waals surface area (Å²) in [4.78, 5) is 40.2.